The van der Waals surface area contributed by atoms with E-state index in [1.807, 2.05) is 6.92 Å². The van der Waals surface area contributed by atoms with E-state index < -0.39 is 11.4 Å². The van der Waals surface area contributed by atoms with E-state index in [4.69, 9.17) is 4.52 Å². The van der Waals surface area contributed by atoms with Gasteiger partial charge in [-0.2, -0.15) is 0 Å². The van der Waals surface area contributed by atoms with E-state index in [0.717, 1.165) is 18.4 Å². The quantitative estimate of drug-likeness (QED) is 0.775. The molecule has 0 amide bonds. The highest BCUT2D eigenvalue weighted by atomic mass is 16.5. The predicted molar refractivity (Wildman–Crippen MR) is 60.1 cm³/mol. The number of hydrogen-bond donors (Lipinski definition) is 1. The Balaban J connectivity index is 2.80. The number of nitrogens with zero attached hydrogens (tertiary/aromatic N) is 1. The van der Waals surface area contributed by atoms with Gasteiger partial charge in [0.25, 0.3) is 0 Å². The van der Waals surface area contributed by atoms with Crippen LogP contribution in [0, 0.1) is 5.41 Å². The lowest BCUT2D eigenvalue weighted by Crippen LogP contribution is -2.32. The zero-order valence-corrected chi connectivity index (χ0v) is 9.90. The van der Waals surface area contributed by atoms with Crippen molar-refractivity contribution in [1.29, 1.82) is 0 Å². The molecule has 1 aromatic rings. The molecule has 0 aromatic carbocycles. The van der Waals surface area contributed by atoms with Gasteiger partial charge in [0.05, 0.1) is 11.6 Å². The highest BCUT2D eigenvalue weighted by Gasteiger charge is 2.36. The lowest BCUT2D eigenvalue weighted by atomic mass is 9.76. The van der Waals surface area contributed by atoms with E-state index in [-0.39, 0.29) is 0 Å². The Hall–Kier alpha value is -1.32. The number of unbranched alkanes of at least 4 members (excludes halogenated alkanes) is 1. The SMILES string of the molecule is CCCCC(CC)(Cc1cnoc1)C(=O)O. The van der Waals surface area contributed by atoms with Crippen LogP contribution < -0.4 is 0 Å². The molecule has 0 aliphatic carbocycles. The van der Waals surface area contributed by atoms with E-state index in [1.54, 1.807) is 6.20 Å². The standard InChI is InChI=1S/C12H19NO3/c1-3-5-6-12(4-2,11(14)15)7-10-8-13-16-9-10/h8-9H,3-7H2,1-2H3,(H,14,15). The minimum absolute atomic E-state index is 0.502. The first kappa shape index (κ1) is 12.7. The third kappa shape index (κ3) is 2.84. The molecule has 0 saturated heterocycles. The Labute approximate surface area is 95.6 Å². The van der Waals surface area contributed by atoms with E-state index in [9.17, 15) is 9.90 Å². The van der Waals surface area contributed by atoms with Crippen molar-refractivity contribution >= 4 is 5.97 Å². The minimum atomic E-state index is -0.718. The summed E-state index contributed by atoms with van der Waals surface area (Å²) < 4.78 is 4.75. The van der Waals surface area contributed by atoms with Crippen LogP contribution in [-0.2, 0) is 11.2 Å². The molecule has 1 heterocycles. The summed E-state index contributed by atoms with van der Waals surface area (Å²) in [6, 6.07) is 0. The van der Waals surface area contributed by atoms with Gasteiger partial charge in [-0.05, 0) is 19.3 Å². The first-order valence-corrected chi connectivity index (χ1v) is 5.76. The van der Waals surface area contributed by atoms with Crippen molar-refractivity contribution in [2.75, 3.05) is 0 Å². The molecule has 0 aliphatic rings. The van der Waals surface area contributed by atoms with Gasteiger partial charge >= 0.3 is 5.97 Å². The van der Waals surface area contributed by atoms with Gasteiger partial charge in [-0.15, -0.1) is 0 Å². The van der Waals surface area contributed by atoms with Crippen molar-refractivity contribution in [3.05, 3.63) is 18.0 Å². The van der Waals surface area contributed by atoms with Crippen molar-refractivity contribution < 1.29 is 14.4 Å². The molecule has 1 unspecified atom stereocenters. The maximum atomic E-state index is 11.4. The summed E-state index contributed by atoms with van der Waals surface area (Å²) in [6.45, 7) is 4.00. The summed E-state index contributed by atoms with van der Waals surface area (Å²) in [5, 5.41) is 13.0. The zero-order valence-electron chi connectivity index (χ0n) is 9.90. The summed E-state index contributed by atoms with van der Waals surface area (Å²) >= 11 is 0. The number of aliphatic carboxylic acids is 1. The van der Waals surface area contributed by atoms with Crippen molar-refractivity contribution in [3.8, 4) is 0 Å². The van der Waals surface area contributed by atoms with Crippen molar-refractivity contribution in [3.63, 3.8) is 0 Å². The highest BCUT2D eigenvalue weighted by molar-refractivity contribution is 5.75. The molecule has 0 saturated carbocycles. The Kier molecular flexibility index (Phi) is 4.52. The normalized spacial score (nSPS) is 14.6. The molecular formula is C12H19NO3. The second-order valence-electron chi connectivity index (χ2n) is 4.25. The smallest absolute Gasteiger partial charge is 0.309 e. The lowest BCUT2D eigenvalue weighted by Gasteiger charge is -2.27. The monoisotopic (exact) mass is 225 g/mol. The Morgan fingerprint density at radius 2 is 2.31 bits per heavy atom. The summed E-state index contributed by atoms with van der Waals surface area (Å²) in [5.41, 5.74) is 0.196. The van der Waals surface area contributed by atoms with E-state index >= 15 is 0 Å². The maximum Gasteiger partial charge on any atom is 0.309 e. The molecule has 0 radical (unpaired) electrons. The lowest BCUT2D eigenvalue weighted by molar-refractivity contribution is -0.149. The van der Waals surface area contributed by atoms with Crippen molar-refractivity contribution in [2.24, 2.45) is 5.41 Å². The number of rotatable bonds is 7. The van der Waals surface area contributed by atoms with Gasteiger partial charge in [-0.3, -0.25) is 4.79 Å². The molecule has 0 fully saturated rings. The second kappa shape index (κ2) is 5.68. The third-order valence-corrected chi connectivity index (χ3v) is 3.17. The third-order valence-electron chi connectivity index (χ3n) is 3.17. The molecule has 16 heavy (non-hydrogen) atoms. The highest BCUT2D eigenvalue weighted by Crippen LogP contribution is 2.33. The Morgan fingerprint density at radius 3 is 2.75 bits per heavy atom. The van der Waals surface area contributed by atoms with Gasteiger partial charge in [-0.1, -0.05) is 31.8 Å². The van der Waals surface area contributed by atoms with Gasteiger partial charge in [0, 0.05) is 5.56 Å². The summed E-state index contributed by atoms with van der Waals surface area (Å²) in [6.07, 6.45) is 6.92. The molecule has 0 aliphatic heterocycles. The average molecular weight is 225 g/mol. The molecule has 0 spiro atoms. The largest absolute Gasteiger partial charge is 0.481 e. The van der Waals surface area contributed by atoms with Crippen LogP contribution in [-0.4, -0.2) is 16.2 Å². The average Bonchev–Trinajstić information content (AvgIpc) is 2.76. The van der Waals surface area contributed by atoms with Crippen molar-refractivity contribution in [2.45, 2.75) is 46.0 Å². The number of carbonyl (C=O) groups is 1. The van der Waals surface area contributed by atoms with Gasteiger partial charge in [0.1, 0.15) is 6.26 Å². The number of aromatic nitrogens is 1. The van der Waals surface area contributed by atoms with Crippen LogP contribution in [0.5, 0.6) is 0 Å². The zero-order chi connectivity index (χ0) is 12.0. The summed E-state index contributed by atoms with van der Waals surface area (Å²) in [4.78, 5) is 11.4. The fourth-order valence-corrected chi connectivity index (χ4v) is 1.94. The van der Waals surface area contributed by atoms with E-state index in [2.05, 4.69) is 12.1 Å². The number of carboxylic acids is 1. The second-order valence-corrected chi connectivity index (χ2v) is 4.25. The Bertz CT molecular complexity index is 321. The summed E-state index contributed by atoms with van der Waals surface area (Å²) in [5.74, 6) is -0.718. The van der Waals surface area contributed by atoms with Crippen LogP contribution in [0.3, 0.4) is 0 Å². The van der Waals surface area contributed by atoms with Crippen LogP contribution in [0.25, 0.3) is 0 Å². The van der Waals surface area contributed by atoms with E-state index in [0.29, 0.717) is 19.3 Å². The van der Waals surface area contributed by atoms with Crippen LogP contribution in [0.2, 0.25) is 0 Å². The summed E-state index contributed by atoms with van der Waals surface area (Å²) in [7, 11) is 0. The fraction of sp³-hybridized carbons (Fsp3) is 0.667. The first-order valence-electron chi connectivity index (χ1n) is 5.76. The molecule has 90 valence electrons. The van der Waals surface area contributed by atoms with Crippen LogP contribution in [0.1, 0.15) is 45.1 Å². The predicted octanol–water partition coefficient (Wildman–Crippen LogP) is 2.89. The molecule has 1 N–H and O–H groups in total. The van der Waals surface area contributed by atoms with E-state index in [1.165, 1.54) is 6.26 Å². The van der Waals surface area contributed by atoms with Crippen LogP contribution >= 0.6 is 0 Å². The van der Waals surface area contributed by atoms with Gasteiger partial charge < -0.3 is 9.63 Å². The van der Waals surface area contributed by atoms with Gasteiger partial charge in [-0.25, -0.2) is 0 Å². The number of hydrogen-bond acceptors (Lipinski definition) is 3. The minimum Gasteiger partial charge on any atom is -0.481 e. The van der Waals surface area contributed by atoms with Gasteiger partial charge in [0.2, 0.25) is 0 Å². The Morgan fingerprint density at radius 1 is 1.56 bits per heavy atom. The molecule has 1 aromatic heterocycles. The van der Waals surface area contributed by atoms with Crippen molar-refractivity contribution in [1.82, 2.24) is 5.16 Å². The van der Waals surface area contributed by atoms with Gasteiger partial charge in [0.15, 0.2) is 0 Å². The molecule has 4 nitrogen and oxygen atoms in total. The topological polar surface area (TPSA) is 63.3 Å². The molecular weight excluding hydrogens is 206 g/mol. The maximum absolute atomic E-state index is 11.4. The molecule has 1 atom stereocenters. The van der Waals surface area contributed by atoms with Crippen LogP contribution in [0.15, 0.2) is 17.0 Å². The first-order chi connectivity index (χ1) is 7.64. The molecule has 0 bridgehead atoms. The fourth-order valence-electron chi connectivity index (χ4n) is 1.94. The molecule has 1 rings (SSSR count). The van der Waals surface area contributed by atoms with Crippen LogP contribution in [0.4, 0.5) is 0 Å². The molecule has 4 heteroatoms. The number of carboxylic acid groups (broad SMARTS) is 1.